The number of hydrogen-bond donors (Lipinski definition) is 2. The Morgan fingerprint density at radius 1 is 1.15 bits per heavy atom. The predicted molar refractivity (Wildman–Crippen MR) is 166 cm³/mol. The fourth-order valence-corrected chi connectivity index (χ4v) is 8.01. The van der Waals surface area contributed by atoms with Crippen molar-refractivity contribution in [3.8, 4) is 23.4 Å². The van der Waals surface area contributed by atoms with Crippen molar-refractivity contribution in [3.05, 3.63) is 29.7 Å². The summed E-state index contributed by atoms with van der Waals surface area (Å²) in [6.07, 6.45) is -1.18. The molecule has 2 aromatic heterocycles. The quantitative estimate of drug-likeness (QED) is 0.322. The van der Waals surface area contributed by atoms with Crippen LogP contribution in [0.3, 0.4) is 0 Å². The first-order valence-corrected chi connectivity index (χ1v) is 18.6. The lowest BCUT2D eigenvalue weighted by Crippen LogP contribution is -2.62. The van der Waals surface area contributed by atoms with Gasteiger partial charge in [-0.05, 0) is 18.8 Å². The van der Waals surface area contributed by atoms with Crippen molar-refractivity contribution in [1.29, 1.82) is 5.26 Å². The van der Waals surface area contributed by atoms with E-state index < -0.39 is 67.0 Å². The molecule has 1 aliphatic heterocycles. The number of carbonyl (C=O) groups is 3. The number of methoxy groups -OCH3 is 2. The van der Waals surface area contributed by atoms with E-state index in [4.69, 9.17) is 9.47 Å². The number of aromatic nitrogens is 2. The number of carbonyl (C=O) groups excluding carboxylic acids is 3. The molecule has 250 valence electrons. The summed E-state index contributed by atoms with van der Waals surface area (Å²) in [5, 5.41) is 16.0. The van der Waals surface area contributed by atoms with Crippen LogP contribution in [0.25, 0.3) is 10.8 Å². The van der Waals surface area contributed by atoms with Gasteiger partial charge in [-0.2, -0.15) is 18.4 Å². The summed E-state index contributed by atoms with van der Waals surface area (Å²) in [5.41, 5.74) is 2.70. The van der Waals surface area contributed by atoms with E-state index in [0.717, 1.165) is 0 Å². The molecule has 0 spiro atoms. The van der Waals surface area contributed by atoms with Crippen LogP contribution in [0.4, 0.5) is 13.2 Å². The van der Waals surface area contributed by atoms with Gasteiger partial charge in [-0.25, -0.2) is 4.98 Å². The normalized spacial score (nSPS) is 25.6. The van der Waals surface area contributed by atoms with Gasteiger partial charge in [0.15, 0.2) is 0 Å². The summed E-state index contributed by atoms with van der Waals surface area (Å²) in [7, 11) is 0.790. The van der Waals surface area contributed by atoms with Crippen LogP contribution in [0.5, 0.6) is 5.88 Å². The van der Waals surface area contributed by atoms with Crippen LogP contribution in [-0.4, -0.2) is 85.8 Å². The maximum Gasteiger partial charge on any atom is 0.471 e. The third-order valence-corrected chi connectivity index (χ3v) is 11.1. The van der Waals surface area contributed by atoms with Crippen LogP contribution in [0, 0.1) is 39.0 Å². The second-order valence-corrected chi connectivity index (χ2v) is 18.8. The van der Waals surface area contributed by atoms with E-state index >= 15 is 0 Å². The molecule has 47 heavy (non-hydrogen) atoms. The summed E-state index contributed by atoms with van der Waals surface area (Å²) in [5.74, 6) is -0.389. The number of rotatable bonds is 8. The summed E-state index contributed by atoms with van der Waals surface area (Å²) < 4.78 is 50.3. The van der Waals surface area contributed by atoms with Crippen molar-refractivity contribution in [2.24, 2.45) is 16.2 Å². The molecule has 3 heterocycles. The van der Waals surface area contributed by atoms with Gasteiger partial charge in [0.2, 0.25) is 17.7 Å². The van der Waals surface area contributed by atoms with Crippen molar-refractivity contribution in [2.45, 2.75) is 77.2 Å². The molecule has 3 amide bonds. The number of pyridine rings is 2. The molecule has 15 heteroatoms. The Kier molecular flexibility index (Phi) is 8.13. The number of amides is 3. The highest BCUT2D eigenvalue weighted by atomic mass is 28.3. The monoisotopic (exact) mass is 670 g/mol. The number of alkyl halides is 3. The number of nitrogens with zero attached hydrogens (tertiary/aromatic N) is 4. The smallest absolute Gasteiger partial charge is 0.471 e. The van der Waals surface area contributed by atoms with E-state index in [1.165, 1.54) is 38.4 Å². The minimum absolute atomic E-state index is 0.109. The molecule has 2 aromatic rings. The van der Waals surface area contributed by atoms with Gasteiger partial charge in [0.05, 0.1) is 24.8 Å². The van der Waals surface area contributed by atoms with Crippen LogP contribution >= 0.6 is 0 Å². The minimum atomic E-state index is -5.24. The van der Waals surface area contributed by atoms with Crippen molar-refractivity contribution in [1.82, 2.24) is 25.5 Å². The largest absolute Gasteiger partial charge is 0.480 e. The third-order valence-electron chi connectivity index (χ3n) is 10.2. The highest BCUT2D eigenvalue weighted by Gasteiger charge is 3.02. The van der Waals surface area contributed by atoms with E-state index in [-0.39, 0.29) is 17.8 Å². The second-order valence-electron chi connectivity index (χ2n) is 14.0. The number of nitriles is 1. The Balaban J connectivity index is 1.53. The highest BCUT2D eigenvalue weighted by Crippen LogP contribution is 3.00. The highest BCUT2D eigenvalue weighted by molar-refractivity contribution is 6.83. The molecule has 3 aliphatic rings. The van der Waals surface area contributed by atoms with E-state index in [9.17, 15) is 32.8 Å². The SMILES string of the molecule is COc1ncc2cncc(C(C#N)NC(=O)[C@H]3N(C(=O)[C@@H](NC(=O)C(F)(F)F)[C@@H](C)OC)CC45CC34C5(C)C)c2c1C#C[Si](C)(C)C. The van der Waals surface area contributed by atoms with Gasteiger partial charge in [0.1, 0.15) is 26.2 Å². The van der Waals surface area contributed by atoms with Crippen LogP contribution < -0.4 is 15.4 Å². The van der Waals surface area contributed by atoms with Gasteiger partial charge < -0.3 is 25.0 Å². The molecule has 2 N–H and O–H groups in total. The molecule has 0 aromatic carbocycles. The fraction of sp³-hybridized carbons (Fsp3) is 0.562. The molecule has 3 fully saturated rings. The standard InChI is InChI=1S/C32H37F3N6O5Si/c1-17(45-4)23(40-28(44)32(33,34)35)27(43)41-16-30-15-31(30,29(30,2)3)24(41)25(42)39-21(11-36)20-14-37-12-18-13-38-26(46-5)19(22(18)20)9-10-47(6,7)8/h12-14,17,21,23-24H,15-16H2,1-8H3,(H,39,42)(H,40,44)/t17-,21?,23+,24-,30?,31?/m1/s1. The Morgan fingerprint density at radius 2 is 1.83 bits per heavy atom. The van der Waals surface area contributed by atoms with E-state index in [2.05, 4.69) is 52.5 Å². The van der Waals surface area contributed by atoms with Crippen LogP contribution in [0.1, 0.15) is 44.4 Å². The van der Waals surface area contributed by atoms with E-state index in [1.807, 2.05) is 13.8 Å². The second kappa shape index (κ2) is 11.2. The molecule has 2 saturated carbocycles. The first kappa shape index (κ1) is 34.1. The molecule has 11 nitrogen and oxygen atoms in total. The molecular weight excluding hydrogens is 633 g/mol. The number of fused-ring (bicyclic) bond motifs is 1. The number of piperidine rings is 2. The average Bonchev–Trinajstić information content (AvgIpc) is 3.73. The first-order valence-electron chi connectivity index (χ1n) is 15.1. The van der Waals surface area contributed by atoms with E-state index in [1.54, 1.807) is 11.5 Å². The van der Waals surface area contributed by atoms with Crippen molar-refractivity contribution in [2.75, 3.05) is 20.8 Å². The van der Waals surface area contributed by atoms with Crippen molar-refractivity contribution < 1.29 is 37.0 Å². The summed E-state index contributed by atoms with van der Waals surface area (Å²) in [6, 6.07) is -1.94. The van der Waals surface area contributed by atoms with Gasteiger partial charge in [-0.1, -0.05) is 39.4 Å². The predicted octanol–water partition coefficient (Wildman–Crippen LogP) is 3.26. The zero-order valence-corrected chi connectivity index (χ0v) is 28.4. The molecule has 3 unspecified atom stereocenters. The maximum atomic E-state index is 14.3. The Bertz CT molecular complexity index is 1780. The first-order chi connectivity index (χ1) is 21.8. The van der Waals surface area contributed by atoms with Gasteiger partial charge in [0, 0.05) is 59.4 Å². The third kappa shape index (κ3) is 5.20. The average molecular weight is 671 g/mol. The summed E-state index contributed by atoms with van der Waals surface area (Å²) in [6.45, 7) is 11.7. The lowest BCUT2D eigenvalue weighted by molar-refractivity contribution is -0.176. The van der Waals surface area contributed by atoms with Crippen LogP contribution in [-0.2, 0) is 19.1 Å². The molecular formula is C32H37F3N6O5Si. The number of halogens is 3. The lowest BCUT2D eigenvalue weighted by Gasteiger charge is -2.41. The topological polar surface area (TPSA) is 147 Å². The zero-order valence-electron chi connectivity index (χ0n) is 27.4. The summed E-state index contributed by atoms with van der Waals surface area (Å²) >= 11 is 0. The molecule has 1 saturated heterocycles. The van der Waals surface area contributed by atoms with Crippen molar-refractivity contribution >= 4 is 36.6 Å². The lowest BCUT2D eigenvalue weighted by atomic mass is 9.80. The zero-order chi connectivity index (χ0) is 34.9. The maximum absolute atomic E-state index is 14.3. The number of hydrogen-bond acceptors (Lipinski definition) is 8. The molecule has 0 bridgehead atoms. The Labute approximate surface area is 271 Å². The molecule has 6 atom stereocenters. The minimum Gasteiger partial charge on any atom is -0.480 e. The molecule has 0 radical (unpaired) electrons. The van der Waals surface area contributed by atoms with E-state index in [0.29, 0.717) is 28.3 Å². The molecule has 5 rings (SSSR count). The van der Waals surface area contributed by atoms with Crippen molar-refractivity contribution in [3.63, 3.8) is 0 Å². The van der Waals surface area contributed by atoms with Crippen LogP contribution in [0.15, 0.2) is 18.6 Å². The number of likely N-dealkylation sites (tertiary alicyclic amines) is 1. The van der Waals surface area contributed by atoms with Gasteiger partial charge in [-0.3, -0.25) is 19.4 Å². The number of ether oxygens (including phenoxy) is 2. The van der Waals surface area contributed by atoms with Gasteiger partial charge in [-0.15, -0.1) is 5.54 Å². The molecule has 2 aliphatic carbocycles. The van der Waals surface area contributed by atoms with Gasteiger partial charge in [0.25, 0.3) is 0 Å². The fourth-order valence-electron chi connectivity index (χ4n) is 7.51. The summed E-state index contributed by atoms with van der Waals surface area (Å²) in [4.78, 5) is 49.9. The Hall–Kier alpha value is -4.21. The van der Waals surface area contributed by atoms with Crippen LogP contribution in [0.2, 0.25) is 19.6 Å². The Morgan fingerprint density at radius 3 is 2.38 bits per heavy atom. The van der Waals surface area contributed by atoms with Gasteiger partial charge >= 0.3 is 12.1 Å². The number of nitrogens with one attached hydrogen (secondary N) is 2.